The van der Waals surface area contributed by atoms with Crippen LogP contribution in [0.15, 0.2) is 53.1 Å². The zero-order valence-corrected chi connectivity index (χ0v) is 11.5. The van der Waals surface area contributed by atoms with E-state index in [0.717, 1.165) is 22.4 Å². The van der Waals surface area contributed by atoms with Crippen molar-refractivity contribution in [3.05, 3.63) is 54.4 Å². The molecule has 20 heavy (non-hydrogen) atoms. The molecular formula is C16H16N2O2. The highest BCUT2D eigenvalue weighted by molar-refractivity contribution is 5.78. The Labute approximate surface area is 117 Å². The van der Waals surface area contributed by atoms with Gasteiger partial charge in [-0.15, -0.1) is 0 Å². The van der Waals surface area contributed by atoms with Crippen LogP contribution < -0.4 is 10.1 Å². The molecule has 1 atom stereocenters. The van der Waals surface area contributed by atoms with Gasteiger partial charge in [-0.1, -0.05) is 18.2 Å². The van der Waals surface area contributed by atoms with E-state index in [1.807, 2.05) is 43.3 Å². The number of hydrogen-bond donors (Lipinski definition) is 1. The molecule has 0 bridgehead atoms. The van der Waals surface area contributed by atoms with Crippen molar-refractivity contribution in [1.29, 1.82) is 0 Å². The summed E-state index contributed by atoms with van der Waals surface area (Å²) in [5.41, 5.74) is 1.75. The maximum Gasteiger partial charge on any atom is 0.237 e. The lowest BCUT2D eigenvalue weighted by Gasteiger charge is -2.14. The summed E-state index contributed by atoms with van der Waals surface area (Å²) in [6.07, 6.45) is 1.70. The molecule has 3 aromatic rings. The van der Waals surface area contributed by atoms with Crippen LogP contribution in [-0.4, -0.2) is 12.1 Å². The lowest BCUT2D eigenvalue weighted by molar-refractivity contribution is 0.399. The number of rotatable bonds is 4. The topological polar surface area (TPSA) is 47.3 Å². The van der Waals surface area contributed by atoms with Gasteiger partial charge in [0.15, 0.2) is 0 Å². The van der Waals surface area contributed by atoms with Gasteiger partial charge in [-0.2, -0.15) is 0 Å². The number of furan rings is 1. The van der Waals surface area contributed by atoms with Crippen LogP contribution in [0.4, 0.5) is 5.69 Å². The van der Waals surface area contributed by atoms with Gasteiger partial charge >= 0.3 is 0 Å². The summed E-state index contributed by atoms with van der Waals surface area (Å²) in [5.74, 6) is 1.47. The van der Waals surface area contributed by atoms with Gasteiger partial charge in [0.1, 0.15) is 11.3 Å². The fourth-order valence-corrected chi connectivity index (χ4v) is 2.18. The zero-order chi connectivity index (χ0) is 13.9. The average molecular weight is 268 g/mol. The number of nitrogens with zero attached hydrogens (tertiary/aromatic N) is 1. The molecule has 0 aliphatic heterocycles. The molecule has 4 nitrogen and oxygen atoms in total. The lowest BCUT2D eigenvalue weighted by atomic mass is 10.2. The molecule has 1 N–H and O–H groups in total. The molecule has 1 aromatic carbocycles. The van der Waals surface area contributed by atoms with Gasteiger partial charge in [-0.05, 0) is 31.2 Å². The van der Waals surface area contributed by atoms with Crippen molar-refractivity contribution in [2.45, 2.75) is 13.0 Å². The van der Waals surface area contributed by atoms with Crippen molar-refractivity contribution in [3.8, 4) is 5.88 Å². The molecular weight excluding hydrogens is 252 g/mol. The smallest absolute Gasteiger partial charge is 0.237 e. The predicted molar refractivity (Wildman–Crippen MR) is 79.0 cm³/mol. The van der Waals surface area contributed by atoms with Crippen LogP contribution in [0.1, 0.15) is 18.7 Å². The van der Waals surface area contributed by atoms with Gasteiger partial charge < -0.3 is 14.5 Å². The molecule has 0 saturated carbocycles. The first-order chi connectivity index (χ1) is 9.78. The standard InChI is InChI=1S/C16H16N2O2/c1-11(18-13-7-5-9-17-16(13)19-2)15-10-12-6-3-4-8-14(12)20-15/h3-11,18H,1-2H3. The number of aromatic nitrogens is 1. The molecule has 0 saturated heterocycles. The van der Waals surface area contributed by atoms with E-state index in [0.29, 0.717) is 5.88 Å². The third-order valence-electron chi connectivity index (χ3n) is 3.21. The molecule has 2 aromatic heterocycles. The molecule has 0 fully saturated rings. The van der Waals surface area contributed by atoms with Crippen molar-refractivity contribution >= 4 is 16.7 Å². The van der Waals surface area contributed by atoms with Crippen LogP contribution in [0, 0.1) is 0 Å². The number of benzene rings is 1. The lowest BCUT2D eigenvalue weighted by Crippen LogP contribution is -2.07. The molecule has 2 heterocycles. The monoisotopic (exact) mass is 268 g/mol. The highest BCUT2D eigenvalue weighted by Gasteiger charge is 2.13. The molecule has 4 heteroatoms. The van der Waals surface area contributed by atoms with Gasteiger partial charge in [0.2, 0.25) is 5.88 Å². The second-order valence-corrected chi connectivity index (χ2v) is 4.61. The minimum absolute atomic E-state index is 0.0282. The summed E-state index contributed by atoms with van der Waals surface area (Å²) < 4.78 is 11.1. The van der Waals surface area contributed by atoms with Crippen LogP contribution in [0.5, 0.6) is 5.88 Å². The van der Waals surface area contributed by atoms with E-state index < -0.39 is 0 Å². The molecule has 3 rings (SSSR count). The molecule has 102 valence electrons. The Morgan fingerprint density at radius 3 is 2.85 bits per heavy atom. The first-order valence-corrected chi connectivity index (χ1v) is 6.52. The van der Waals surface area contributed by atoms with E-state index in [1.54, 1.807) is 13.3 Å². The third-order valence-corrected chi connectivity index (χ3v) is 3.21. The first kappa shape index (κ1) is 12.5. The predicted octanol–water partition coefficient (Wildman–Crippen LogP) is 4.01. The Hall–Kier alpha value is -2.49. The second-order valence-electron chi connectivity index (χ2n) is 4.61. The summed E-state index contributed by atoms with van der Waals surface area (Å²) in [6, 6.07) is 13.9. The normalized spacial score (nSPS) is 12.3. The van der Waals surface area contributed by atoms with Crippen LogP contribution in [-0.2, 0) is 0 Å². The number of para-hydroxylation sites is 1. The summed E-state index contributed by atoms with van der Waals surface area (Å²) in [7, 11) is 1.61. The van der Waals surface area contributed by atoms with E-state index in [4.69, 9.17) is 9.15 Å². The Morgan fingerprint density at radius 1 is 1.20 bits per heavy atom. The van der Waals surface area contributed by atoms with Crippen LogP contribution in [0.3, 0.4) is 0 Å². The summed E-state index contributed by atoms with van der Waals surface area (Å²) in [5, 5.41) is 4.46. The van der Waals surface area contributed by atoms with Gasteiger partial charge in [-0.3, -0.25) is 0 Å². The van der Waals surface area contributed by atoms with Crippen LogP contribution >= 0.6 is 0 Å². The van der Waals surface area contributed by atoms with E-state index in [1.165, 1.54) is 0 Å². The number of anilines is 1. The molecule has 1 unspecified atom stereocenters. The molecule has 0 amide bonds. The number of nitrogens with one attached hydrogen (secondary N) is 1. The number of hydrogen-bond acceptors (Lipinski definition) is 4. The van der Waals surface area contributed by atoms with Crippen LogP contribution in [0.2, 0.25) is 0 Å². The quantitative estimate of drug-likeness (QED) is 0.776. The number of fused-ring (bicyclic) bond motifs is 1. The highest BCUT2D eigenvalue weighted by Crippen LogP contribution is 2.28. The van der Waals surface area contributed by atoms with E-state index in [-0.39, 0.29) is 6.04 Å². The van der Waals surface area contributed by atoms with Crippen molar-refractivity contribution in [2.24, 2.45) is 0 Å². The van der Waals surface area contributed by atoms with Gasteiger partial charge in [0.05, 0.1) is 18.8 Å². The second kappa shape index (κ2) is 5.25. The first-order valence-electron chi connectivity index (χ1n) is 6.52. The fraction of sp³-hybridized carbons (Fsp3) is 0.188. The van der Waals surface area contributed by atoms with Crippen molar-refractivity contribution in [1.82, 2.24) is 4.98 Å². The fourth-order valence-electron chi connectivity index (χ4n) is 2.18. The Morgan fingerprint density at radius 2 is 2.05 bits per heavy atom. The van der Waals surface area contributed by atoms with E-state index >= 15 is 0 Å². The largest absolute Gasteiger partial charge is 0.480 e. The van der Waals surface area contributed by atoms with E-state index in [2.05, 4.69) is 16.4 Å². The molecule has 0 spiro atoms. The summed E-state index contributed by atoms with van der Waals surface area (Å²) in [4.78, 5) is 4.17. The zero-order valence-electron chi connectivity index (χ0n) is 11.5. The van der Waals surface area contributed by atoms with Crippen LogP contribution in [0.25, 0.3) is 11.0 Å². The minimum atomic E-state index is 0.0282. The average Bonchev–Trinajstić information content (AvgIpc) is 2.92. The Bertz CT molecular complexity index is 688. The number of methoxy groups -OCH3 is 1. The summed E-state index contributed by atoms with van der Waals surface area (Å²) in [6.45, 7) is 2.05. The Balaban J connectivity index is 1.87. The number of ether oxygens (including phenoxy) is 1. The number of pyridine rings is 1. The van der Waals surface area contributed by atoms with Crippen molar-refractivity contribution in [2.75, 3.05) is 12.4 Å². The van der Waals surface area contributed by atoms with Gasteiger partial charge in [0.25, 0.3) is 0 Å². The molecule has 0 radical (unpaired) electrons. The maximum atomic E-state index is 5.85. The molecule has 0 aliphatic carbocycles. The van der Waals surface area contributed by atoms with Crippen molar-refractivity contribution < 1.29 is 9.15 Å². The maximum absolute atomic E-state index is 5.85. The minimum Gasteiger partial charge on any atom is -0.480 e. The van der Waals surface area contributed by atoms with E-state index in [9.17, 15) is 0 Å². The SMILES string of the molecule is COc1ncccc1NC(C)c1cc2ccccc2o1. The van der Waals surface area contributed by atoms with Gasteiger partial charge in [-0.25, -0.2) is 4.98 Å². The highest BCUT2D eigenvalue weighted by atomic mass is 16.5. The third kappa shape index (κ3) is 2.32. The van der Waals surface area contributed by atoms with Gasteiger partial charge in [0, 0.05) is 11.6 Å². The van der Waals surface area contributed by atoms with Crippen molar-refractivity contribution in [3.63, 3.8) is 0 Å². The molecule has 0 aliphatic rings. The summed E-state index contributed by atoms with van der Waals surface area (Å²) >= 11 is 0. The Kier molecular flexibility index (Phi) is 3.29.